The normalized spacial score (nSPS) is 18.3. The molecule has 3 aromatic rings. The van der Waals surface area contributed by atoms with Gasteiger partial charge in [0.1, 0.15) is 0 Å². The minimum Gasteiger partial charge on any atom is -0.504 e. The standard InChI is InChI=1S/C22H25FN8O/c23-17-3-1-2-16(20(17)32)18-8-19-21(31-30-18)25-11-15(29-19)12-28-22-26-9-14(10-27-22)13-4-6-24-7-5-13/h1-3,8-10,13,15,24,29,32H,4-7,11-12H2,(H,25,31)(H,26,27,28)/t15-/m1/s1. The largest absolute Gasteiger partial charge is 0.504 e. The van der Waals surface area contributed by atoms with Gasteiger partial charge in [0.15, 0.2) is 17.4 Å². The molecule has 1 fully saturated rings. The zero-order chi connectivity index (χ0) is 21.9. The Hall–Kier alpha value is -3.53. The Labute approximate surface area is 184 Å². The molecule has 10 heteroatoms. The van der Waals surface area contributed by atoms with Crippen LogP contribution in [0.5, 0.6) is 5.75 Å². The molecule has 2 aliphatic rings. The minimum absolute atomic E-state index is 0.0494. The van der Waals surface area contributed by atoms with Crippen molar-refractivity contribution in [3.63, 3.8) is 0 Å². The van der Waals surface area contributed by atoms with E-state index in [1.165, 1.54) is 17.7 Å². The molecule has 4 heterocycles. The number of phenolic OH excluding ortho intramolecular Hbond substituents is 1. The number of hydrogen-bond acceptors (Lipinski definition) is 9. The highest BCUT2D eigenvalue weighted by Crippen LogP contribution is 2.33. The summed E-state index contributed by atoms with van der Waals surface area (Å²) in [4.78, 5) is 8.96. The quantitative estimate of drug-likeness (QED) is 0.411. The SMILES string of the molecule is Oc1c(F)cccc1-c1cc2c(nn1)NC[C@H](CNc1ncc(C3CCNCC3)cn1)N2. The van der Waals surface area contributed by atoms with Gasteiger partial charge in [-0.15, -0.1) is 10.2 Å². The number of halogens is 1. The maximum atomic E-state index is 13.7. The predicted octanol–water partition coefficient (Wildman–Crippen LogP) is 2.56. The van der Waals surface area contributed by atoms with Gasteiger partial charge in [0, 0.05) is 31.0 Å². The average Bonchev–Trinajstić information content (AvgIpc) is 2.85. The number of nitrogens with zero attached hydrogens (tertiary/aromatic N) is 4. The summed E-state index contributed by atoms with van der Waals surface area (Å²) in [6.45, 7) is 3.32. The van der Waals surface area contributed by atoms with E-state index in [1.807, 2.05) is 12.4 Å². The molecule has 0 aliphatic carbocycles. The highest BCUT2D eigenvalue weighted by molar-refractivity contribution is 5.75. The van der Waals surface area contributed by atoms with Crippen LogP contribution in [0.2, 0.25) is 0 Å². The van der Waals surface area contributed by atoms with Crippen molar-refractivity contribution >= 4 is 17.5 Å². The number of piperidine rings is 1. The van der Waals surface area contributed by atoms with Gasteiger partial charge in [0.2, 0.25) is 5.95 Å². The molecule has 166 valence electrons. The number of phenols is 1. The predicted molar refractivity (Wildman–Crippen MR) is 120 cm³/mol. The van der Waals surface area contributed by atoms with Crippen molar-refractivity contribution in [1.82, 2.24) is 25.5 Å². The summed E-state index contributed by atoms with van der Waals surface area (Å²) in [6.07, 6.45) is 6.07. The van der Waals surface area contributed by atoms with Crippen molar-refractivity contribution in [2.75, 3.05) is 42.1 Å². The van der Waals surface area contributed by atoms with Crippen LogP contribution in [-0.2, 0) is 0 Å². The van der Waals surface area contributed by atoms with Gasteiger partial charge in [-0.3, -0.25) is 0 Å². The summed E-state index contributed by atoms with van der Waals surface area (Å²) in [5.74, 6) is 0.603. The molecule has 2 aromatic heterocycles. The number of para-hydroxylation sites is 1. The van der Waals surface area contributed by atoms with Crippen molar-refractivity contribution in [1.29, 1.82) is 0 Å². The second-order valence-electron chi connectivity index (χ2n) is 8.10. The third kappa shape index (κ3) is 4.26. The Morgan fingerprint density at radius 1 is 1.12 bits per heavy atom. The van der Waals surface area contributed by atoms with E-state index < -0.39 is 11.6 Å². The number of fused-ring (bicyclic) bond motifs is 1. The molecule has 1 aromatic carbocycles. The van der Waals surface area contributed by atoms with E-state index in [-0.39, 0.29) is 6.04 Å². The summed E-state index contributed by atoms with van der Waals surface area (Å²) in [6, 6.07) is 6.14. The van der Waals surface area contributed by atoms with Crippen LogP contribution >= 0.6 is 0 Å². The Morgan fingerprint density at radius 2 is 1.94 bits per heavy atom. The van der Waals surface area contributed by atoms with Gasteiger partial charge >= 0.3 is 0 Å². The number of aromatic nitrogens is 4. The third-order valence-electron chi connectivity index (χ3n) is 5.92. The summed E-state index contributed by atoms with van der Waals surface area (Å²) in [5.41, 5.74) is 2.61. The Bertz CT molecular complexity index is 1090. The molecule has 5 rings (SSSR count). The number of anilines is 3. The molecule has 1 saturated heterocycles. The number of rotatable bonds is 5. The van der Waals surface area contributed by atoms with Gasteiger partial charge in [-0.05, 0) is 55.6 Å². The average molecular weight is 436 g/mol. The van der Waals surface area contributed by atoms with Gasteiger partial charge in [0.25, 0.3) is 0 Å². The summed E-state index contributed by atoms with van der Waals surface area (Å²) in [7, 11) is 0. The lowest BCUT2D eigenvalue weighted by molar-refractivity contribution is 0.434. The van der Waals surface area contributed by atoms with Crippen LogP contribution in [0.25, 0.3) is 11.3 Å². The van der Waals surface area contributed by atoms with E-state index >= 15 is 0 Å². The van der Waals surface area contributed by atoms with Crippen LogP contribution in [0, 0.1) is 5.82 Å². The molecule has 0 spiro atoms. The first-order chi connectivity index (χ1) is 15.7. The van der Waals surface area contributed by atoms with E-state index in [1.54, 1.807) is 12.1 Å². The second kappa shape index (κ2) is 8.91. The number of nitrogens with one attached hydrogen (secondary N) is 4. The van der Waals surface area contributed by atoms with Crippen LogP contribution in [-0.4, -0.2) is 57.5 Å². The fraction of sp³-hybridized carbons (Fsp3) is 0.364. The maximum Gasteiger partial charge on any atom is 0.222 e. The van der Waals surface area contributed by atoms with Crippen LogP contribution in [0.15, 0.2) is 36.7 Å². The van der Waals surface area contributed by atoms with E-state index in [4.69, 9.17) is 0 Å². The Balaban J connectivity index is 1.23. The van der Waals surface area contributed by atoms with Crippen LogP contribution in [0.3, 0.4) is 0 Å². The van der Waals surface area contributed by atoms with Gasteiger partial charge in [-0.1, -0.05) is 6.07 Å². The second-order valence-corrected chi connectivity index (χ2v) is 8.10. The van der Waals surface area contributed by atoms with Crippen LogP contribution < -0.4 is 21.3 Å². The van der Waals surface area contributed by atoms with E-state index in [0.717, 1.165) is 31.6 Å². The van der Waals surface area contributed by atoms with Crippen LogP contribution in [0.1, 0.15) is 24.3 Å². The fourth-order valence-electron chi connectivity index (χ4n) is 4.11. The van der Waals surface area contributed by atoms with Gasteiger partial charge in [-0.25, -0.2) is 14.4 Å². The fourth-order valence-corrected chi connectivity index (χ4v) is 4.11. The lowest BCUT2D eigenvalue weighted by Crippen LogP contribution is -2.39. The molecule has 5 N–H and O–H groups in total. The monoisotopic (exact) mass is 436 g/mol. The topological polar surface area (TPSA) is 120 Å². The molecule has 32 heavy (non-hydrogen) atoms. The number of hydrogen-bond donors (Lipinski definition) is 5. The lowest BCUT2D eigenvalue weighted by atomic mass is 9.92. The van der Waals surface area contributed by atoms with Gasteiger partial charge in [0.05, 0.1) is 17.4 Å². The molecule has 0 bridgehead atoms. The molecular formula is C22H25FN8O. The smallest absolute Gasteiger partial charge is 0.222 e. The maximum absolute atomic E-state index is 13.7. The van der Waals surface area contributed by atoms with Crippen molar-refractivity contribution in [3.05, 3.63) is 48.0 Å². The van der Waals surface area contributed by atoms with E-state index in [0.29, 0.717) is 42.0 Å². The molecule has 1 atom stereocenters. The van der Waals surface area contributed by atoms with Crippen molar-refractivity contribution in [3.8, 4) is 17.0 Å². The Morgan fingerprint density at radius 3 is 2.75 bits per heavy atom. The zero-order valence-electron chi connectivity index (χ0n) is 17.5. The molecule has 9 nitrogen and oxygen atoms in total. The molecular weight excluding hydrogens is 411 g/mol. The molecule has 0 radical (unpaired) electrons. The summed E-state index contributed by atoms with van der Waals surface area (Å²) < 4.78 is 13.7. The number of aromatic hydroxyl groups is 1. The summed E-state index contributed by atoms with van der Waals surface area (Å²) in [5, 5.41) is 31.6. The highest BCUT2D eigenvalue weighted by atomic mass is 19.1. The molecule has 2 aliphatic heterocycles. The molecule has 0 saturated carbocycles. The van der Waals surface area contributed by atoms with Gasteiger partial charge in [-0.2, -0.15) is 0 Å². The van der Waals surface area contributed by atoms with Crippen molar-refractivity contribution in [2.45, 2.75) is 24.8 Å². The number of benzene rings is 1. The highest BCUT2D eigenvalue weighted by Gasteiger charge is 2.21. The van der Waals surface area contributed by atoms with Gasteiger partial charge < -0.3 is 26.4 Å². The van der Waals surface area contributed by atoms with E-state index in [2.05, 4.69) is 41.4 Å². The lowest BCUT2D eigenvalue weighted by Gasteiger charge is -2.27. The van der Waals surface area contributed by atoms with E-state index in [9.17, 15) is 9.50 Å². The minimum atomic E-state index is -0.693. The first-order valence-corrected chi connectivity index (χ1v) is 10.8. The van der Waals surface area contributed by atoms with Crippen molar-refractivity contribution < 1.29 is 9.50 Å². The zero-order valence-corrected chi connectivity index (χ0v) is 17.5. The molecule has 0 amide bonds. The molecule has 0 unspecified atom stereocenters. The summed E-state index contributed by atoms with van der Waals surface area (Å²) >= 11 is 0. The van der Waals surface area contributed by atoms with Crippen LogP contribution in [0.4, 0.5) is 21.8 Å². The first-order valence-electron chi connectivity index (χ1n) is 10.8. The first kappa shape index (κ1) is 20.4. The van der Waals surface area contributed by atoms with Crippen molar-refractivity contribution in [2.24, 2.45) is 0 Å². The Kier molecular flexibility index (Phi) is 5.68. The third-order valence-corrected chi connectivity index (χ3v) is 5.92.